The predicted octanol–water partition coefficient (Wildman–Crippen LogP) is 4.37. The second-order valence-corrected chi connectivity index (χ2v) is 7.51. The normalized spacial score (nSPS) is 38.2. The van der Waals surface area contributed by atoms with Crippen molar-refractivity contribution in [2.45, 2.75) is 77.2 Å². The van der Waals surface area contributed by atoms with Crippen molar-refractivity contribution in [2.75, 3.05) is 6.54 Å². The smallest absolute Gasteiger partial charge is 0.00683 e. The van der Waals surface area contributed by atoms with Crippen LogP contribution in [-0.4, -0.2) is 12.6 Å². The van der Waals surface area contributed by atoms with E-state index in [1.807, 2.05) is 0 Å². The molecule has 0 amide bonds. The van der Waals surface area contributed by atoms with Crippen LogP contribution in [0.5, 0.6) is 0 Å². The van der Waals surface area contributed by atoms with Crippen LogP contribution in [0.15, 0.2) is 0 Å². The summed E-state index contributed by atoms with van der Waals surface area (Å²) in [5, 5.41) is 3.80. The minimum absolute atomic E-state index is 0.900. The van der Waals surface area contributed by atoms with Crippen LogP contribution < -0.4 is 5.32 Å². The molecule has 3 atom stereocenters. The van der Waals surface area contributed by atoms with Gasteiger partial charge < -0.3 is 5.32 Å². The Kier molecular flexibility index (Phi) is 4.28. The van der Waals surface area contributed by atoms with E-state index in [0.29, 0.717) is 0 Å². The molecule has 0 radical (unpaired) electrons. The van der Waals surface area contributed by atoms with Gasteiger partial charge in [0.05, 0.1) is 0 Å². The summed E-state index contributed by atoms with van der Waals surface area (Å²) in [6.07, 6.45) is 15.0. The van der Waals surface area contributed by atoms with Crippen LogP contribution in [0.4, 0.5) is 0 Å². The van der Waals surface area contributed by atoms with Gasteiger partial charge in [0.1, 0.15) is 0 Å². The van der Waals surface area contributed by atoms with Crippen LogP contribution in [0, 0.1) is 23.7 Å². The quantitative estimate of drug-likeness (QED) is 0.763. The molecule has 18 heavy (non-hydrogen) atoms. The first-order valence-electron chi connectivity index (χ1n) is 8.54. The molecule has 3 aliphatic rings. The third kappa shape index (κ3) is 3.50. The van der Waals surface area contributed by atoms with Crippen LogP contribution in [0.1, 0.15) is 71.1 Å². The lowest BCUT2D eigenvalue weighted by molar-refractivity contribution is 0.155. The van der Waals surface area contributed by atoms with Crippen LogP contribution >= 0.6 is 0 Å². The minimum Gasteiger partial charge on any atom is -0.314 e. The molecular weight excluding hydrogens is 218 g/mol. The zero-order valence-electron chi connectivity index (χ0n) is 12.2. The predicted molar refractivity (Wildman–Crippen MR) is 77.6 cm³/mol. The van der Waals surface area contributed by atoms with Gasteiger partial charge in [-0.25, -0.2) is 0 Å². The standard InChI is InChI=1S/C17H31N/c1-13-6-7-15(12-18-17-8-9-17)16(10-13)11-14-4-2-3-5-14/h13-18H,2-12H2,1H3. The zero-order chi connectivity index (χ0) is 12.4. The molecule has 1 nitrogen and oxygen atoms in total. The van der Waals surface area contributed by atoms with Crippen molar-refractivity contribution < 1.29 is 0 Å². The van der Waals surface area contributed by atoms with Crippen molar-refractivity contribution in [3.05, 3.63) is 0 Å². The maximum atomic E-state index is 3.80. The third-order valence-electron chi connectivity index (χ3n) is 5.76. The van der Waals surface area contributed by atoms with Gasteiger partial charge in [0.2, 0.25) is 0 Å². The molecule has 0 heterocycles. The Morgan fingerprint density at radius 3 is 2.39 bits per heavy atom. The van der Waals surface area contributed by atoms with E-state index in [1.54, 1.807) is 6.42 Å². The summed E-state index contributed by atoms with van der Waals surface area (Å²) < 4.78 is 0. The number of rotatable bonds is 5. The maximum Gasteiger partial charge on any atom is 0.00683 e. The molecular formula is C17H31N. The molecule has 1 heteroatoms. The van der Waals surface area contributed by atoms with Gasteiger partial charge in [0.25, 0.3) is 0 Å². The van der Waals surface area contributed by atoms with Crippen molar-refractivity contribution in [1.82, 2.24) is 5.32 Å². The lowest BCUT2D eigenvalue weighted by Gasteiger charge is -2.36. The van der Waals surface area contributed by atoms with E-state index in [0.717, 1.165) is 29.7 Å². The van der Waals surface area contributed by atoms with E-state index in [1.165, 1.54) is 64.3 Å². The van der Waals surface area contributed by atoms with Crippen molar-refractivity contribution in [3.63, 3.8) is 0 Å². The molecule has 0 aliphatic heterocycles. The van der Waals surface area contributed by atoms with Crippen molar-refractivity contribution >= 4 is 0 Å². The second kappa shape index (κ2) is 5.94. The highest BCUT2D eigenvalue weighted by molar-refractivity contribution is 4.87. The molecule has 104 valence electrons. The molecule has 3 fully saturated rings. The highest BCUT2D eigenvalue weighted by Crippen LogP contribution is 2.41. The van der Waals surface area contributed by atoms with Crippen molar-refractivity contribution in [3.8, 4) is 0 Å². The fourth-order valence-electron chi connectivity index (χ4n) is 4.40. The molecule has 3 aliphatic carbocycles. The third-order valence-corrected chi connectivity index (χ3v) is 5.76. The van der Waals surface area contributed by atoms with E-state index in [-0.39, 0.29) is 0 Å². The molecule has 0 saturated heterocycles. The molecule has 0 aromatic carbocycles. The lowest BCUT2D eigenvalue weighted by Crippen LogP contribution is -2.34. The fraction of sp³-hybridized carbons (Fsp3) is 1.00. The van der Waals surface area contributed by atoms with Crippen LogP contribution in [0.25, 0.3) is 0 Å². The Labute approximate surface area is 113 Å². The van der Waals surface area contributed by atoms with Gasteiger partial charge in [-0.15, -0.1) is 0 Å². The SMILES string of the molecule is CC1CCC(CNC2CC2)C(CC2CCCC2)C1. The average molecular weight is 249 g/mol. The van der Waals surface area contributed by atoms with Gasteiger partial charge in [-0.3, -0.25) is 0 Å². The van der Waals surface area contributed by atoms with Gasteiger partial charge in [0, 0.05) is 6.04 Å². The Morgan fingerprint density at radius 1 is 0.889 bits per heavy atom. The number of hydrogen-bond donors (Lipinski definition) is 1. The average Bonchev–Trinajstić information content (AvgIpc) is 3.05. The minimum atomic E-state index is 0.900. The van der Waals surface area contributed by atoms with Crippen LogP contribution in [0.2, 0.25) is 0 Å². The fourth-order valence-corrected chi connectivity index (χ4v) is 4.40. The summed E-state index contributed by atoms with van der Waals surface area (Å²) in [5.74, 6) is 4.13. The second-order valence-electron chi connectivity index (χ2n) is 7.51. The van der Waals surface area contributed by atoms with E-state index in [4.69, 9.17) is 0 Å². The molecule has 3 unspecified atom stereocenters. The van der Waals surface area contributed by atoms with E-state index in [2.05, 4.69) is 12.2 Å². The van der Waals surface area contributed by atoms with Crippen molar-refractivity contribution in [2.24, 2.45) is 23.7 Å². The Hall–Kier alpha value is -0.0400. The first-order valence-corrected chi connectivity index (χ1v) is 8.54. The van der Waals surface area contributed by atoms with Gasteiger partial charge >= 0.3 is 0 Å². The van der Waals surface area contributed by atoms with Gasteiger partial charge in [-0.2, -0.15) is 0 Å². The molecule has 3 saturated carbocycles. The molecule has 0 spiro atoms. The summed E-state index contributed by atoms with van der Waals surface area (Å²) in [6.45, 7) is 3.81. The summed E-state index contributed by atoms with van der Waals surface area (Å²) in [7, 11) is 0. The molecule has 3 rings (SSSR count). The first-order chi connectivity index (χ1) is 8.81. The number of hydrogen-bond acceptors (Lipinski definition) is 1. The summed E-state index contributed by atoms with van der Waals surface area (Å²) in [5.41, 5.74) is 0. The Morgan fingerprint density at radius 2 is 1.67 bits per heavy atom. The number of nitrogens with one attached hydrogen (secondary N) is 1. The first kappa shape index (κ1) is 13.0. The van der Waals surface area contributed by atoms with E-state index in [9.17, 15) is 0 Å². The van der Waals surface area contributed by atoms with Crippen LogP contribution in [0.3, 0.4) is 0 Å². The molecule has 1 N–H and O–H groups in total. The van der Waals surface area contributed by atoms with Gasteiger partial charge in [0.15, 0.2) is 0 Å². The summed E-state index contributed by atoms with van der Waals surface area (Å²) in [6, 6.07) is 0.900. The molecule has 0 aromatic rings. The monoisotopic (exact) mass is 249 g/mol. The highest BCUT2D eigenvalue weighted by Gasteiger charge is 2.32. The van der Waals surface area contributed by atoms with Gasteiger partial charge in [-0.05, 0) is 62.3 Å². The van der Waals surface area contributed by atoms with Crippen LogP contribution in [-0.2, 0) is 0 Å². The summed E-state index contributed by atoms with van der Waals surface area (Å²) >= 11 is 0. The largest absolute Gasteiger partial charge is 0.314 e. The molecule has 0 bridgehead atoms. The Bertz CT molecular complexity index is 252. The zero-order valence-corrected chi connectivity index (χ0v) is 12.2. The highest BCUT2D eigenvalue weighted by atomic mass is 14.9. The van der Waals surface area contributed by atoms with E-state index < -0.39 is 0 Å². The topological polar surface area (TPSA) is 12.0 Å². The summed E-state index contributed by atoms with van der Waals surface area (Å²) in [4.78, 5) is 0. The van der Waals surface area contributed by atoms with Crippen molar-refractivity contribution in [1.29, 1.82) is 0 Å². The molecule has 0 aromatic heterocycles. The van der Waals surface area contributed by atoms with E-state index >= 15 is 0 Å². The lowest BCUT2D eigenvalue weighted by atomic mass is 9.71. The maximum absolute atomic E-state index is 3.80. The Balaban J connectivity index is 1.50. The van der Waals surface area contributed by atoms with Gasteiger partial charge in [-0.1, -0.05) is 39.0 Å².